The van der Waals surface area contributed by atoms with E-state index >= 15 is 0 Å². The second kappa shape index (κ2) is 4.78. The maximum absolute atomic E-state index is 12.3. The first-order chi connectivity index (χ1) is 8.34. The van der Waals surface area contributed by atoms with Gasteiger partial charge < -0.3 is 10.2 Å². The Labute approximate surface area is 106 Å². The highest BCUT2D eigenvalue weighted by molar-refractivity contribution is 7.10. The molecule has 3 nitrogen and oxygen atoms in total. The number of carbonyl (C=O) groups excluding carboxylic acids is 1. The number of nitrogens with one attached hydrogen (secondary N) is 1. The van der Waals surface area contributed by atoms with Gasteiger partial charge in [0.15, 0.2) is 0 Å². The molecule has 3 rings (SSSR count). The lowest BCUT2D eigenvalue weighted by Crippen LogP contribution is -2.57. The van der Waals surface area contributed by atoms with E-state index in [1.54, 1.807) is 11.3 Å². The minimum absolute atomic E-state index is 0.311. The molecule has 2 atom stereocenters. The van der Waals surface area contributed by atoms with Crippen LogP contribution in [0.15, 0.2) is 17.5 Å². The van der Waals surface area contributed by atoms with Gasteiger partial charge in [0.1, 0.15) is 0 Å². The van der Waals surface area contributed by atoms with Gasteiger partial charge in [0.25, 0.3) is 0 Å². The zero-order valence-electron chi connectivity index (χ0n) is 9.89. The molecule has 2 unspecified atom stereocenters. The van der Waals surface area contributed by atoms with Crippen LogP contribution in [0.3, 0.4) is 0 Å². The van der Waals surface area contributed by atoms with Crippen molar-refractivity contribution in [1.29, 1.82) is 0 Å². The topological polar surface area (TPSA) is 32.3 Å². The molecule has 0 bridgehead atoms. The summed E-state index contributed by atoms with van der Waals surface area (Å²) in [5.41, 5.74) is 0. The molecule has 17 heavy (non-hydrogen) atoms. The Morgan fingerprint density at radius 2 is 2.47 bits per heavy atom. The van der Waals surface area contributed by atoms with E-state index in [4.69, 9.17) is 0 Å². The number of nitrogens with zero attached hydrogens (tertiary/aromatic N) is 1. The lowest BCUT2D eigenvalue weighted by atomic mass is 10.1. The van der Waals surface area contributed by atoms with Crippen LogP contribution < -0.4 is 5.32 Å². The molecule has 1 aromatic heterocycles. The second-order valence-electron chi connectivity index (χ2n) is 4.90. The summed E-state index contributed by atoms with van der Waals surface area (Å²) in [4.78, 5) is 15.6. The Balaban J connectivity index is 1.68. The maximum Gasteiger partial charge on any atom is 0.228 e. The van der Waals surface area contributed by atoms with Crippen LogP contribution in [0.5, 0.6) is 0 Å². The van der Waals surface area contributed by atoms with Crippen LogP contribution in [-0.2, 0) is 11.2 Å². The van der Waals surface area contributed by atoms with Gasteiger partial charge in [-0.2, -0.15) is 0 Å². The lowest BCUT2D eigenvalue weighted by Gasteiger charge is -2.38. The zero-order valence-corrected chi connectivity index (χ0v) is 10.7. The fourth-order valence-corrected chi connectivity index (χ4v) is 3.76. The largest absolute Gasteiger partial charge is 0.337 e. The van der Waals surface area contributed by atoms with Gasteiger partial charge in [-0.25, -0.2) is 0 Å². The fourth-order valence-electron chi connectivity index (χ4n) is 3.06. The van der Waals surface area contributed by atoms with Crippen LogP contribution in [0, 0.1) is 0 Å². The number of fused-ring (bicyclic) bond motifs is 1. The van der Waals surface area contributed by atoms with Gasteiger partial charge in [0, 0.05) is 30.1 Å². The normalized spacial score (nSPS) is 28.1. The van der Waals surface area contributed by atoms with Crippen molar-refractivity contribution in [3.63, 3.8) is 0 Å². The Morgan fingerprint density at radius 3 is 3.29 bits per heavy atom. The summed E-state index contributed by atoms with van der Waals surface area (Å²) in [6.45, 7) is 1.84. The molecule has 1 saturated carbocycles. The first kappa shape index (κ1) is 11.2. The minimum atomic E-state index is 0.311. The average molecular weight is 250 g/mol. The van der Waals surface area contributed by atoms with Gasteiger partial charge in [-0.1, -0.05) is 6.07 Å². The van der Waals surface area contributed by atoms with Gasteiger partial charge >= 0.3 is 0 Å². The standard InChI is InChI=1S/C13H18N2OS/c16-13(9-10-3-2-8-17-10)15-7-6-14-11-4-1-5-12(11)15/h2-3,8,11-12,14H,1,4-7,9H2. The molecule has 1 aliphatic carbocycles. The van der Waals surface area contributed by atoms with Crippen LogP contribution >= 0.6 is 11.3 Å². The molecule has 0 aromatic carbocycles. The minimum Gasteiger partial charge on any atom is -0.337 e. The first-order valence-electron chi connectivity index (χ1n) is 6.40. The average Bonchev–Trinajstić information content (AvgIpc) is 2.97. The van der Waals surface area contributed by atoms with Crippen molar-refractivity contribution in [3.8, 4) is 0 Å². The van der Waals surface area contributed by atoms with E-state index in [-0.39, 0.29) is 0 Å². The van der Waals surface area contributed by atoms with Crippen LogP contribution in [0.25, 0.3) is 0 Å². The van der Waals surface area contributed by atoms with Crippen molar-refractivity contribution in [2.75, 3.05) is 13.1 Å². The maximum atomic E-state index is 12.3. The lowest BCUT2D eigenvalue weighted by molar-refractivity contribution is -0.134. The molecular formula is C13H18N2OS. The van der Waals surface area contributed by atoms with Crippen LogP contribution in [-0.4, -0.2) is 36.0 Å². The van der Waals surface area contributed by atoms with E-state index < -0.39 is 0 Å². The summed E-state index contributed by atoms with van der Waals surface area (Å²) in [6, 6.07) is 5.08. The number of hydrogen-bond acceptors (Lipinski definition) is 3. The highest BCUT2D eigenvalue weighted by Crippen LogP contribution is 2.27. The molecule has 0 radical (unpaired) electrons. The fraction of sp³-hybridized carbons (Fsp3) is 0.615. The molecule has 2 aliphatic rings. The van der Waals surface area contributed by atoms with Crippen LogP contribution in [0.1, 0.15) is 24.1 Å². The predicted molar refractivity (Wildman–Crippen MR) is 69.2 cm³/mol. The van der Waals surface area contributed by atoms with E-state index in [0.29, 0.717) is 24.4 Å². The Morgan fingerprint density at radius 1 is 1.53 bits per heavy atom. The van der Waals surface area contributed by atoms with Crippen molar-refractivity contribution < 1.29 is 4.79 Å². The molecular weight excluding hydrogens is 232 g/mol. The number of hydrogen-bond donors (Lipinski definition) is 1. The van der Waals surface area contributed by atoms with Crippen molar-refractivity contribution >= 4 is 17.2 Å². The van der Waals surface area contributed by atoms with E-state index in [1.807, 2.05) is 11.4 Å². The third kappa shape index (κ3) is 2.24. The van der Waals surface area contributed by atoms with E-state index in [1.165, 1.54) is 24.1 Å². The molecule has 0 spiro atoms. The summed E-state index contributed by atoms with van der Waals surface area (Å²) in [7, 11) is 0. The van der Waals surface area contributed by atoms with E-state index in [9.17, 15) is 4.79 Å². The number of amides is 1. The number of piperazine rings is 1. The molecule has 4 heteroatoms. The molecule has 2 heterocycles. The van der Waals surface area contributed by atoms with E-state index in [2.05, 4.69) is 16.3 Å². The zero-order chi connectivity index (χ0) is 11.7. The highest BCUT2D eigenvalue weighted by Gasteiger charge is 2.36. The Hall–Kier alpha value is -0.870. The third-order valence-electron chi connectivity index (χ3n) is 3.86. The smallest absolute Gasteiger partial charge is 0.228 e. The van der Waals surface area contributed by atoms with Crippen molar-refractivity contribution in [1.82, 2.24) is 10.2 Å². The summed E-state index contributed by atoms with van der Waals surface area (Å²) in [6.07, 6.45) is 4.24. The molecule has 1 aliphatic heterocycles. The molecule has 1 saturated heterocycles. The van der Waals surface area contributed by atoms with Crippen molar-refractivity contribution in [2.45, 2.75) is 37.8 Å². The number of thiophene rings is 1. The molecule has 1 N–H and O–H groups in total. The van der Waals surface area contributed by atoms with Crippen molar-refractivity contribution in [3.05, 3.63) is 22.4 Å². The predicted octanol–water partition coefficient (Wildman–Crippen LogP) is 1.64. The summed E-state index contributed by atoms with van der Waals surface area (Å²) in [5.74, 6) is 0.311. The van der Waals surface area contributed by atoms with Crippen LogP contribution in [0.4, 0.5) is 0 Å². The second-order valence-corrected chi connectivity index (χ2v) is 5.93. The number of rotatable bonds is 2. The van der Waals surface area contributed by atoms with E-state index in [0.717, 1.165) is 13.1 Å². The monoisotopic (exact) mass is 250 g/mol. The van der Waals surface area contributed by atoms with Crippen LogP contribution in [0.2, 0.25) is 0 Å². The molecule has 1 aromatic rings. The molecule has 1 amide bonds. The third-order valence-corrected chi connectivity index (χ3v) is 4.74. The molecule has 2 fully saturated rings. The summed E-state index contributed by atoms with van der Waals surface area (Å²) < 4.78 is 0. The van der Waals surface area contributed by atoms with Gasteiger partial charge in [-0.3, -0.25) is 4.79 Å². The first-order valence-corrected chi connectivity index (χ1v) is 7.28. The van der Waals surface area contributed by atoms with Gasteiger partial charge in [0.05, 0.1) is 6.42 Å². The number of carbonyl (C=O) groups is 1. The summed E-state index contributed by atoms with van der Waals surface area (Å²) >= 11 is 1.68. The molecule has 92 valence electrons. The van der Waals surface area contributed by atoms with Gasteiger partial charge in [-0.05, 0) is 30.7 Å². The Kier molecular flexibility index (Phi) is 3.16. The van der Waals surface area contributed by atoms with Gasteiger partial charge in [-0.15, -0.1) is 11.3 Å². The van der Waals surface area contributed by atoms with Gasteiger partial charge in [0.2, 0.25) is 5.91 Å². The highest BCUT2D eigenvalue weighted by atomic mass is 32.1. The Bertz CT molecular complexity index is 390. The quantitative estimate of drug-likeness (QED) is 0.865. The SMILES string of the molecule is O=C(Cc1cccs1)N1CCNC2CCCC21. The summed E-state index contributed by atoms with van der Waals surface area (Å²) in [5, 5.41) is 5.57. The van der Waals surface area contributed by atoms with Crippen molar-refractivity contribution in [2.24, 2.45) is 0 Å².